The number of rotatable bonds is 1. The van der Waals surface area contributed by atoms with Crippen LogP contribution in [0.4, 0.5) is 17.6 Å². The molecule has 1 aromatic carbocycles. The maximum absolute atomic E-state index is 13.3. The van der Waals surface area contributed by atoms with Crippen molar-refractivity contribution < 1.29 is 17.6 Å². The molecular formula is C11H7F4N. The standard InChI is InChI=1S/C11H7F4N/c12-9-4-3-8(11(13,14)15)7-10(9)16-5-1-2-6-16/h1-7H. The van der Waals surface area contributed by atoms with Crippen LogP contribution >= 0.6 is 0 Å². The summed E-state index contributed by atoms with van der Waals surface area (Å²) in [4.78, 5) is 0. The first-order valence-electron chi connectivity index (χ1n) is 4.48. The van der Waals surface area contributed by atoms with Gasteiger partial charge < -0.3 is 4.57 Å². The molecule has 1 nitrogen and oxygen atoms in total. The molecule has 0 aliphatic rings. The van der Waals surface area contributed by atoms with Gasteiger partial charge in [0.1, 0.15) is 5.82 Å². The van der Waals surface area contributed by atoms with Gasteiger partial charge in [0, 0.05) is 12.4 Å². The van der Waals surface area contributed by atoms with Crippen molar-refractivity contribution in [1.82, 2.24) is 4.57 Å². The van der Waals surface area contributed by atoms with Crippen molar-refractivity contribution in [3.05, 3.63) is 54.1 Å². The van der Waals surface area contributed by atoms with E-state index in [2.05, 4.69) is 0 Å². The van der Waals surface area contributed by atoms with Gasteiger partial charge in [-0.2, -0.15) is 13.2 Å². The third-order valence-electron chi connectivity index (χ3n) is 2.16. The monoisotopic (exact) mass is 229 g/mol. The Morgan fingerprint density at radius 3 is 2.19 bits per heavy atom. The molecule has 0 saturated heterocycles. The predicted octanol–water partition coefficient (Wildman–Crippen LogP) is 3.64. The largest absolute Gasteiger partial charge is 0.416 e. The number of alkyl halides is 3. The Hall–Kier alpha value is -1.78. The highest BCUT2D eigenvalue weighted by Gasteiger charge is 2.31. The Kier molecular flexibility index (Phi) is 2.46. The molecule has 0 N–H and O–H groups in total. The third kappa shape index (κ3) is 1.93. The summed E-state index contributed by atoms with van der Waals surface area (Å²) in [6, 6.07) is 5.55. The lowest BCUT2D eigenvalue weighted by molar-refractivity contribution is -0.137. The minimum absolute atomic E-state index is 0.111. The van der Waals surface area contributed by atoms with Crippen molar-refractivity contribution in [3.63, 3.8) is 0 Å². The quantitative estimate of drug-likeness (QED) is 0.658. The molecule has 0 radical (unpaired) electrons. The van der Waals surface area contributed by atoms with Crippen LogP contribution in [-0.2, 0) is 6.18 Å². The molecular weight excluding hydrogens is 222 g/mol. The first-order chi connectivity index (χ1) is 7.48. The third-order valence-corrected chi connectivity index (χ3v) is 2.16. The fraction of sp³-hybridized carbons (Fsp3) is 0.0909. The summed E-state index contributed by atoms with van der Waals surface area (Å²) < 4.78 is 51.9. The van der Waals surface area contributed by atoms with E-state index in [1.165, 1.54) is 17.0 Å². The number of halogens is 4. The molecule has 0 aliphatic carbocycles. The Labute approximate surface area is 88.9 Å². The molecule has 0 aliphatic heterocycles. The highest BCUT2D eigenvalue weighted by molar-refractivity contribution is 5.39. The lowest BCUT2D eigenvalue weighted by Gasteiger charge is -2.10. The van der Waals surface area contributed by atoms with E-state index in [1.807, 2.05) is 0 Å². The van der Waals surface area contributed by atoms with E-state index in [9.17, 15) is 17.6 Å². The molecule has 0 saturated carbocycles. The number of nitrogens with zero attached hydrogens (tertiary/aromatic N) is 1. The molecule has 0 atom stereocenters. The van der Waals surface area contributed by atoms with Crippen LogP contribution in [0.15, 0.2) is 42.7 Å². The maximum Gasteiger partial charge on any atom is 0.416 e. The molecule has 0 bridgehead atoms. The van der Waals surface area contributed by atoms with Gasteiger partial charge in [0.05, 0.1) is 11.3 Å². The molecule has 0 unspecified atom stereocenters. The Balaban J connectivity index is 2.54. The summed E-state index contributed by atoms with van der Waals surface area (Å²) in [5.74, 6) is -0.691. The van der Waals surface area contributed by atoms with E-state index in [4.69, 9.17) is 0 Å². The number of hydrogen-bond acceptors (Lipinski definition) is 0. The van der Waals surface area contributed by atoms with Crippen LogP contribution in [-0.4, -0.2) is 4.57 Å². The molecule has 0 spiro atoms. The van der Waals surface area contributed by atoms with Gasteiger partial charge in [-0.25, -0.2) is 4.39 Å². The summed E-state index contributed by atoms with van der Waals surface area (Å²) in [6.07, 6.45) is -1.49. The summed E-state index contributed by atoms with van der Waals surface area (Å²) in [5, 5.41) is 0. The van der Waals surface area contributed by atoms with Gasteiger partial charge in [0.25, 0.3) is 0 Å². The highest BCUT2D eigenvalue weighted by atomic mass is 19.4. The number of hydrogen-bond donors (Lipinski definition) is 0. The smallest absolute Gasteiger partial charge is 0.321 e. The molecule has 1 heterocycles. The fourth-order valence-corrected chi connectivity index (χ4v) is 1.38. The van der Waals surface area contributed by atoms with E-state index in [1.54, 1.807) is 12.1 Å². The second kappa shape index (κ2) is 3.66. The number of aromatic nitrogens is 1. The molecule has 5 heteroatoms. The van der Waals surface area contributed by atoms with Gasteiger partial charge in [-0.15, -0.1) is 0 Å². The first-order valence-corrected chi connectivity index (χ1v) is 4.48. The molecule has 1 aromatic heterocycles. The minimum Gasteiger partial charge on any atom is -0.321 e. The SMILES string of the molecule is Fc1ccc(C(F)(F)F)cc1-n1cccc1. The van der Waals surface area contributed by atoms with Gasteiger partial charge in [0.2, 0.25) is 0 Å². The Morgan fingerprint density at radius 2 is 1.62 bits per heavy atom. The van der Waals surface area contributed by atoms with Crippen molar-refractivity contribution in [1.29, 1.82) is 0 Å². The summed E-state index contributed by atoms with van der Waals surface area (Å²) in [7, 11) is 0. The summed E-state index contributed by atoms with van der Waals surface area (Å²) in [6.45, 7) is 0. The molecule has 0 fully saturated rings. The van der Waals surface area contributed by atoms with Crippen LogP contribution < -0.4 is 0 Å². The predicted molar refractivity (Wildman–Crippen MR) is 50.7 cm³/mol. The molecule has 0 amide bonds. The summed E-state index contributed by atoms with van der Waals surface area (Å²) >= 11 is 0. The highest BCUT2D eigenvalue weighted by Crippen LogP contribution is 2.31. The maximum atomic E-state index is 13.3. The van der Waals surface area contributed by atoms with Crippen molar-refractivity contribution in [2.24, 2.45) is 0 Å². The average Bonchev–Trinajstić information content (AvgIpc) is 2.69. The average molecular weight is 229 g/mol. The molecule has 16 heavy (non-hydrogen) atoms. The first kappa shape index (κ1) is 10.7. The molecule has 84 valence electrons. The number of benzene rings is 1. The van der Waals surface area contributed by atoms with Gasteiger partial charge in [-0.05, 0) is 30.3 Å². The lowest BCUT2D eigenvalue weighted by Crippen LogP contribution is -2.07. The van der Waals surface area contributed by atoms with E-state index >= 15 is 0 Å². The van der Waals surface area contributed by atoms with Gasteiger partial charge in [-0.1, -0.05) is 0 Å². The Morgan fingerprint density at radius 1 is 1.00 bits per heavy atom. The second-order valence-corrected chi connectivity index (χ2v) is 3.25. The van der Waals surface area contributed by atoms with Crippen molar-refractivity contribution in [2.45, 2.75) is 6.18 Å². The van der Waals surface area contributed by atoms with Crippen molar-refractivity contribution in [3.8, 4) is 5.69 Å². The van der Waals surface area contributed by atoms with E-state index in [0.717, 1.165) is 18.2 Å². The summed E-state index contributed by atoms with van der Waals surface area (Å²) in [5.41, 5.74) is -0.975. The van der Waals surface area contributed by atoms with Crippen LogP contribution in [0.1, 0.15) is 5.56 Å². The van der Waals surface area contributed by atoms with Crippen LogP contribution in [0.5, 0.6) is 0 Å². The van der Waals surface area contributed by atoms with Crippen molar-refractivity contribution >= 4 is 0 Å². The zero-order valence-electron chi connectivity index (χ0n) is 8.00. The minimum atomic E-state index is -4.46. The Bertz CT molecular complexity index is 485. The normalized spacial score (nSPS) is 11.8. The fourth-order valence-electron chi connectivity index (χ4n) is 1.38. The van der Waals surface area contributed by atoms with E-state index in [0.29, 0.717) is 0 Å². The van der Waals surface area contributed by atoms with Crippen LogP contribution in [0, 0.1) is 5.82 Å². The zero-order valence-corrected chi connectivity index (χ0v) is 8.00. The van der Waals surface area contributed by atoms with Crippen LogP contribution in [0.2, 0.25) is 0 Å². The van der Waals surface area contributed by atoms with Crippen LogP contribution in [0.3, 0.4) is 0 Å². The van der Waals surface area contributed by atoms with Gasteiger partial charge in [-0.3, -0.25) is 0 Å². The van der Waals surface area contributed by atoms with E-state index < -0.39 is 17.6 Å². The molecule has 2 aromatic rings. The van der Waals surface area contributed by atoms with E-state index in [-0.39, 0.29) is 5.69 Å². The second-order valence-electron chi connectivity index (χ2n) is 3.25. The lowest BCUT2D eigenvalue weighted by atomic mass is 10.2. The zero-order chi connectivity index (χ0) is 11.8. The van der Waals surface area contributed by atoms with Crippen molar-refractivity contribution in [2.75, 3.05) is 0 Å². The molecule has 2 rings (SSSR count). The topological polar surface area (TPSA) is 4.93 Å². The van der Waals surface area contributed by atoms with Gasteiger partial charge >= 0.3 is 6.18 Å². The van der Waals surface area contributed by atoms with Gasteiger partial charge in [0.15, 0.2) is 0 Å². The van der Waals surface area contributed by atoms with Crippen LogP contribution in [0.25, 0.3) is 5.69 Å².